The molecule has 0 spiro atoms. The molecule has 3 saturated carbocycles. The molecule has 0 aromatic heterocycles. The third kappa shape index (κ3) is 5.28. The van der Waals surface area contributed by atoms with Crippen molar-refractivity contribution in [2.24, 2.45) is 35.5 Å². The second-order valence-corrected chi connectivity index (χ2v) is 9.43. The monoisotopic (exact) mass is 328 g/mol. The molecule has 0 saturated heterocycles. The Hall–Kier alpha value is -0.440. The molecule has 0 N–H and O–H groups in total. The first-order chi connectivity index (χ1) is 11.7. The second-order valence-electron chi connectivity index (χ2n) is 9.43. The molecule has 3 fully saturated rings. The average molecular weight is 329 g/mol. The maximum absolute atomic E-state index is 3.72. The van der Waals surface area contributed by atoms with E-state index in [-0.39, 0.29) is 0 Å². The van der Waals surface area contributed by atoms with E-state index in [1.165, 1.54) is 89.9 Å². The van der Waals surface area contributed by atoms with Gasteiger partial charge in [0.05, 0.1) is 0 Å². The number of rotatable bonds is 3. The van der Waals surface area contributed by atoms with E-state index < -0.39 is 0 Å². The van der Waals surface area contributed by atoms with Gasteiger partial charge >= 0.3 is 0 Å². The lowest BCUT2D eigenvalue weighted by atomic mass is 9.69. The van der Waals surface area contributed by atoms with Gasteiger partial charge < -0.3 is 0 Å². The summed E-state index contributed by atoms with van der Waals surface area (Å²) in [5.41, 5.74) is 0. The van der Waals surface area contributed by atoms with Gasteiger partial charge in [0.2, 0.25) is 0 Å². The Morgan fingerprint density at radius 2 is 1.08 bits per heavy atom. The molecule has 24 heavy (non-hydrogen) atoms. The predicted molar refractivity (Wildman–Crippen MR) is 105 cm³/mol. The van der Waals surface area contributed by atoms with Crippen molar-refractivity contribution >= 4 is 0 Å². The Morgan fingerprint density at radius 1 is 0.625 bits per heavy atom. The van der Waals surface area contributed by atoms with Crippen LogP contribution < -0.4 is 0 Å². The molecule has 0 aromatic carbocycles. The summed E-state index contributed by atoms with van der Waals surface area (Å²) in [5.74, 6) is 13.0. The van der Waals surface area contributed by atoms with Gasteiger partial charge in [-0.1, -0.05) is 51.4 Å². The van der Waals surface area contributed by atoms with E-state index in [2.05, 4.69) is 25.7 Å². The molecule has 136 valence electrons. The first-order valence-electron chi connectivity index (χ1n) is 11.3. The Kier molecular flexibility index (Phi) is 7.12. The van der Waals surface area contributed by atoms with Gasteiger partial charge in [-0.25, -0.2) is 0 Å². The maximum Gasteiger partial charge on any atom is 0.0203 e. The fourth-order valence-corrected chi connectivity index (χ4v) is 5.73. The van der Waals surface area contributed by atoms with Gasteiger partial charge in [-0.2, -0.15) is 0 Å². The van der Waals surface area contributed by atoms with E-state index in [1.54, 1.807) is 0 Å². The first kappa shape index (κ1) is 18.4. The Bertz CT molecular complexity index is 401. The van der Waals surface area contributed by atoms with Crippen LogP contribution in [0.1, 0.15) is 104 Å². The summed E-state index contributed by atoms with van der Waals surface area (Å²) >= 11 is 0. The molecule has 3 aliphatic rings. The lowest BCUT2D eigenvalue weighted by Gasteiger charge is -2.36. The van der Waals surface area contributed by atoms with Crippen molar-refractivity contribution in [3.8, 4) is 11.8 Å². The van der Waals surface area contributed by atoms with E-state index in [0.717, 1.165) is 35.5 Å². The lowest BCUT2D eigenvalue weighted by molar-refractivity contribution is 0.162. The fraction of sp³-hybridized carbons (Fsp3) is 0.917. The van der Waals surface area contributed by atoms with Crippen LogP contribution in [0.5, 0.6) is 0 Å². The number of hydrogen-bond donors (Lipinski definition) is 0. The Labute approximate surface area is 151 Å². The minimum atomic E-state index is 0.732. The van der Waals surface area contributed by atoms with Crippen LogP contribution >= 0.6 is 0 Å². The molecule has 0 unspecified atom stereocenters. The topological polar surface area (TPSA) is 0 Å². The standard InChI is InChI=1S/C24H40/c1-3-4-20-7-9-21(10-8-20)11-12-22-13-17-24(18-14-22)23-15-5-19(2)6-16-23/h19-24H,3-10,13-18H2,1-2H3. The van der Waals surface area contributed by atoms with Gasteiger partial charge in [-0.05, 0) is 87.9 Å². The molecule has 3 rings (SSSR count). The molecule has 0 bridgehead atoms. The molecule has 0 aromatic rings. The average Bonchev–Trinajstić information content (AvgIpc) is 2.63. The molecule has 0 heterocycles. The van der Waals surface area contributed by atoms with Crippen LogP contribution in [0.15, 0.2) is 0 Å². The molecule has 0 heteroatoms. The number of hydrogen-bond acceptors (Lipinski definition) is 0. The molecule has 0 nitrogen and oxygen atoms in total. The summed E-state index contributed by atoms with van der Waals surface area (Å²) in [6, 6.07) is 0. The van der Waals surface area contributed by atoms with Crippen LogP contribution in [0, 0.1) is 47.3 Å². The zero-order chi connectivity index (χ0) is 16.8. The highest BCUT2D eigenvalue weighted by Gasteiger charge is 2.29. The van der Waals surface area contributed by atoms with Crippen LogP contribution in [-0.2, 0) is 0 Å². The van der Waals surface area contributed by atoms with E-state index in [9.17, 15) is 0 Å². The maximum atomic E-state index is 3.72. The molecular formula is C24H40. The third-order valence-corrected chi connectivity index (χ3v) is 7.53. The van der Waals surface area contributed by atoms with Crippen LogP contribution in [0.4, 0.5) is 0 Å². The Morgan fingerprint density at radius 3 is 1.58 bits per heavy atom. The van der Waals surface area contributed by atoms with Crippen molar-refractivity contribution in [2.45, 2.75) is 104 Å². The predicted octanol–water partition coefficient (Wildman–Crippen LogP) is 7.23. The van der Waals surface area contributed by atoms with Crippen LogP contribution in [-0.4, -0.2) is 0 Å². The Balaban J connectivity index is 1.37. The largest absolute Gasteiger partial charge is 0.0996 e. The van der Waals surface area contributed by atoms with Crippen LogP contribution in [0.3, 0.4) is 0 Å². The SMILES string of the molecule is CCCC1CCC(C#CC2CCC(C3CCC(C)CC3)CC2)CC1. The van der Waals surface area contributed by atoms with Gasteiger partial charge in [-0.3, -0.25) is 0 Å². The van der Waals surface area contributed by atoms with Gasteiger partial charge in [-0.15, -0.1) is 0 Å². The summed E-state index contributed by atoms with van der Waals surface area (Å²) in [6.07, 6.45) is 20.2. The van der Waals surface area contributed by atoms with Crippen molar-refractivity contribution in [2.75, 3.05) is 0 Å². The normalized spacial score (nSPS) is 40.6. The summed E-state index contributed by atoms with van der Waals surface area (Å²) in [5, 5.41) is 0. The van der Waals surface area contributed by atoms with Gasteiger partial charge in [0.15, 0.2) is 0 Å². The molecule has 0 atom stereocenters. The highest BCUT2D eigenvalue weighted by atomic mass is 14.3. The smallest absolute Gasteiger partial charge is 0.0203 e. The zero-order valence-corrected chi connectivity index (χ0v) is 16.4. The second kappa shape index (κ2) is 9.31. The van der Waals surface area contributed by atoms with Crippen molar-refractivity contribution in [1.82, 2.24) is 0 Å². The van der Waals surface area contributed by atoms with Gasteiger partial charge in [0.1, 0.15) is 0 Å². The minimum absolute atomic E-state index is 0.732. The highest BCUT2D eigenvalue weighted by molar-refractivity contribution is 5.09. The van der Waals surface area contributed by atoms with Crippen molar-refractivity contribution in [3.63, 3.8) is 0 Å². The molecule has 0 amide bonds. The first-order valence-corrected chi connectivity index (χ1v) is 11.3. The lowest BCUT2D eigenvalue weighted by Crippen LogP contribution is -2.25. The fourth-order valence-electron chi connectivity index (χ4n) is 5.73. The third-order valence-electron chi connectivity index (χ3n) is 7.53. The summed E-state index contributed by atoms with van der Waals surface area (Å²) in [4.78, 5) is 0. The zero-order valence-electron chi connectivity index (χ0n) is 16.4. The van der Waals surface area contributed by atoms with Crippen molar-refractivity contribution < 1.29 is 0 Å². The molecule has 0 aliphatic heterocycles. The molecule has 0 radical (unpaired) electrons. The van der Waals surface area contributed by atoms with E-state index in [0.29, 0.717) is 0 Å². The van der Waals surface area contributed by atoms with Crippen molar-refractivity contribution in [3.05, 3.63) is 0 Å². The van der Waals surface area contributed by atoms with Crippen LogP contribution in [0.2, 0.25) is 0 Å². The van der Waals surface area contributed by atoms with E-state index >= 15 is 0 Å². The summed E-state index contributed by atoms with van der Waals surface area (Å²) < 4.78 is 0. The van der Waals surface area contributed by atoms with Crippen molar-refractivity contribution in [1.29, 1.82) is 0 Å². The summed E-state index contributed by atoms with van der Waals surface area (Å²) in [7, 11) is 0. The quantitative estimate of drug-likeness (QED) is 0.479. The van der Waals surface area contributed by atoms with E-state index in [1.807, 2.05) is 0 Å². The minimum Gasteiger partial charge on any atom is -0.0996 e. The van der Waals surface area contributed by atoms with Gasteiger partial charge in [0, 0.05) is 11.8 Å². The van der Waals surface area contributed by atoms with E-state index in [4.69, 9.17) is 0 Å². The van der Waals surface area contributed by atoms with Crippen LogP contribution in [0.25, 0.3) is 0 Å². The molecule has 3 aliphatic carbocycles. The molecular weight excluding hydrogens is 288 g/mol. The summed E-state index contributed by atoms with van der Waals surface area (Å²) in [6.45, 7) is 4.77. The van der Waals surface area contributed by atoms with Gasteiger partial charge in [0.25, 0.3) is 0 Å². The highest BCUT2D eigenvalue weighted by Crippen LogP contribution is 2.41.